The molecule has 4 nitrogen and oxygen atoms in total. The highest BCUT2D eigenvalue weighted by molar-refractivity contribution is 6.06. The molecule has 1 aliphatic carbocycles. The first kappa shape index (κ1) is 15.8. The van der Waals surface area contributed by atoms with Crippen molar-refractivity contribution in [3.05, 3.63) is 65.0 Å². The van der Waals surface area contributed by atoms with Crippen molar-refractivity contribution in [1.29, 1.82) is 0 Å². The van der Waals surface area contributed by atoms with Gasteiger partial charge in [0.05, 0.1) is 18.9 Å². The Morgan fingerprint density at radius 1 is 1.24 bits per heavy atom. The van der Waals surface area contributed by atoms with E-state index in [-0.39, 0.29) is 23.7 Å². The summed E-state index contributed by atoms with van der Waals surface area (Å²) in [5, 5.41) is 6.20. The van der Waals surface area contributed by atoms with Crippen molar-refractivity contribution in [3.8, 4) is 5.75 Å². The van der Waals surface area contributed by atoms with E-state index in [9.17, 15) is 9.18 Å². The van der Waals surface area contributed by atoms with E-state index in [2.05, 4.69) is 5.10 Å². The van der Waals surface area contributed by atoms with Crippen molar-refractivity contribution >= 4 is 11.6 Å². The summed E-state index contributed by atoms with van der Waals surface area (Å²) in [4.78, 5) is 12.2. The van der Waals surface area contributed by atoms with Crippen molar-refractivity contribution in [2.45, 2.75) is 25.8 Å². The zero-order chi connectivity index (χ0) is 17.6. The zero-order valence-electron chi connectivity index (χ0n) is 14.2. The monoisotopic (exact) mass is 338 g/mol. The molecule has 0 saturated heterocycles. The predicted octanol–water partition coefficient (Wildman–Crippen LogP) is 3.70. The second kappa shape index (κ2) is 5.99. The fourth-order valence-electron chi connectivity index (χ4n) is 3.89. The molecule has 2 aromatic rings. The predicted molar refractivity (Wildman–Crippen MR) is 93.0 cm³/mol. The third-order valence-corrected chi connectivity index (χ3v) is 5.06. The Labute approximate surface area is 145 Å². The molecular formula is C20H19FN2O2. The van der Waals surface area contributed by atoms with Gasteiger partial charge in [0.1, 0.15) is 11.6 Å². The molecule has 2 aliphatic rings. The molecule has 1 amide bonds. The Balaban J connectivity index is 1.78. The van der Waals surface area contributed by atoms with Crippen LogP contribution < -0.4 is 4.74 Å². The van der Waals surface area contributed by atoms with Crippen molar-refractivity contribution in [2.75, 3.05) is 7.11 Å². The minimum Gasteiger partial charge on any atom is -0.497 e. The molecule has 0 fully saturated rings. The summed E-state index contributed by atoms with van der Waals surface area (Å²) in [6.45, 7) is 1.52. The number of benzene rings is 2. The standard InChI is InChI=1S/C20H19FN2O2/c1-12(24)23-20(13-3-6-15(21)7-4-13)18-9-5-14-11-16(25-2)8-10-17(14)19(18)22-23/h3-4,6-8,10-11,18,20H,5,9H2,1-2H3. The highest BCUT2D eigenvalue weighted by atomic mass is 19.1. The summed E-state index contributed by atoms with van der Waals surface area (Å²) in [6.07, 6.45) is 1.80. The Kier molecular flexibility index (Phi) is 3.79. The fourth-order valence-corrected chi connectivity index (χ4v) is 3.89. The maximum atomic E-state index is 13.3. The summed E-state index contributed by atoms with van der Waals surface area (Å²) in [5.41, 5.74) is 4.12. The smallest absolute Gasteiger partial charge is 0.240 e. The Hall–Kier alpha value is -2.69. The molecule has 1 aliphatic heterocycles. The zero-order valence-corrected chi connectivity index (χ0v) is 14.2. The summed E-state index contributed by atoms with van der Waals surface area (Å²) < 4.78 is 18.6. The van der Waals surface area contributed by atoms with Gasteiger partial charge in [-0.2, -0.15) is 5.10 Å². The molecule has 128 valence electrons. The SMILES string of the molecule is COc1ccc2c(c1)CCC1C2=NN(C(C)=O)C1c1ccc(F)cc1. The van der Waals surface area contributed by atoms with Gasteiger partial charge in [0, 0.05) is 18.4 Å². The molecule has 2 aromatic carbocycles. The molecular weight excluding hydrogens is 319 g/mol. The molecule has 25 heavy (non-hydrogen) atoms. The summed E-state index contributed by atoms with van der Waals surface area (Å²) in [6, 6.07) is 12.2. The second-order valence-corrected chi connectivity index (χ2v) is 6.51. The molecule has 0 radical (unpaired) electrons. The van der Waals surface area contributed by atoms with Crippen LogP contribution in [0, 0.1) is 11.7 Å². The first-order valence-corrected chi connectivity index (χ1v) is 8.39. The van der Waals surface area contributed by atoms with Crippen molar-refractivity contribution in [3.63, 3.8) is 0 Å². The number of amides is 1. The van der Waals surface area contributed by atoms with Gasteiger partial charge in [0.2, 0.25) is 5.91 Å². The lowest BCUT2D eigenvalue weighted by atomic mass is 9.77. The minimum absolute atomic E-state index is 0.105. The number of fused-ring (bicyclic) bond motifs is 3. The first-order chi connectivity index (χ1) is 12.1. The van der Waals surface area contributed by atoms with Crippen LogP contribution in [0.5, 0.6) is 5.75 Å². The highest BCUT2D eigenvalue weighted by Crippen LogP contribution is 2.43. The molecule has 0 saturated carbocycles. The normalized spacial score (nSPS) is 21.4. The lowest BCUT2D eigenvalue weighted by molar-refractivity contribution is -0.131. The van der Waals surface area contributed by atoms with E-state index in [1.165, 1.54) is 24.6 Å². The molecule has 2 atom stereocenters. The highest BCUT2D eigenvalue weighted by Gasteiger charge is 2.43. The van der Waals surface area contributed by atoms with Crippen LogP contribution in [0.1, 0.15) is 36.1 Å². The van der Waals surface area contributed by atoms with Crippen LogP contribution in [0.4, 0.5) is 4.39 Å². The maximum Gasteiger partial charge on any atom is 0.240 e. The number of halogens is 1. The maximum absolute atomic E-state index is 13.3. The first-order valence-electron chi connectivity index (χ1n) is 8.39. The van der Waals surface area contributed by atoms with Gasteiger partial charge in [-0.05, 0) is 54.3 Å². The third-order valence-electron chi connectivity index (χ3n) is 5.06. The number of rotatable bonds is 2. The van der Waals surface area contributed by atoms with Gasteiger partial charge in [-0.25, -0.2) is 9.40 Å². The van der Waals surface area contributed by atoms with Crippen LogP contribution in [-0.4, -0.2) is 23.7 Å². The van der Waals surface area contributed by atoms with E-state index in [4.69, 9.17) is 4.74 Å². The average molecular weight is 338 g/mol. The molecule has 0 aromatic heterocycles. The van der Waals surface area contributed by atoms with Crippen molar-refractivity contribution in [2.24, 2.45) is 11.0 Å². The van der Waals surface area contributed by atoms with Crippen LogP contribution in [-0.2, 0) is 11.2 Å². The van der Waals surface area contributed by atoms with Gasteiger partial charge < -0.3 is 4.74 Å². The molecule has 0 spiro atoms. The molecule has 4 rings (SSSR count). The summed E-state index contributed by atoms with van der Waals surface area (Å²) in [5.74, 6) is 0.564. The van der Waals surface area contributed by atoms with Gasteiger partial charge in [0.15, 0.2) is 0 Å². The number of hydrazone groups is 1. The molecule has 1 heterocycles. The van der Waals surface area contributed by atoms with Crippen molar-refractivity contribution in [1.82, 2.24) is 5.01 Å². The number of carbonyl (C=O) groups excluding carboxylic acids is 1. The summed E-state index contributed by atoms with van der Waals surface area (Å²) in [7, 11) is 1.66. The molecule has 5 heteroatoms. The molecule has 2 unspecified atom stereocenters. The second-order valence-electron chi connectivity index (χ2n) is 6.51. The third kappa shape index (κ3) is 2.60. The lowest BCUT2D eigenvalue weighted by Gasteiger charge is -2.29. The van der Waals surface area contributed by atoms with Crippen LogP contribution in [0.15, 0.2) is 47.6 Å². The van der Waals surface area contributed by atoms with E-state index in [1.54, 1.807) is 24.3 Å². The Morgan fingerprint density at radius 2 is 2.00 bits per heavy atom. The van der Waals surface area contributed by atoms with Crippen LogP contribution in [0.3, 0.4) is 0 Å². The van der Waals surface area contributed by atoms with E-state index >= 15 is 0 Å². The van der Waals surface area contributed by atoms with Crippen LogP contribution in [0.2, 0.25) is 0 Å². The topological polar surface area (TPSA) is 41.9 Å². The van der Waals surface area contributed by atoms with E-state index in [0.29, 0.717) is 0 Å². The minimum atomic E-state index is -0.279. The fraction of sp³-hybridized carbons (Fsp3) is 0.300. The molecule has 0 bridgehead atoms. The van der Waals surface area contributed by atoms with Gasteiger partial charge in [0.25, 0.3) is 0 Å². The van der Waals surface area contributed by atoms with E-state index < -0.39 is 0 Å². The largest absolute Gasteiger partial charge is 0.497 e. The van der Waals surface area contributed by atoms with Gasteiger partial charge in [-0.1, -0.05) is 12.1 Å². The number of ether oxygens (including phenoxy) is 1. The Bertz CT molecular complexity index is 860. The van der Waals surface area contributed by atoms with Crippen LogP contribution in [0.25, 0.3) is 0 Å². The number of hydrogen-bond acceptors (Lipinski definition) is 3. The van der Waals surface area contributed by atoms with E-state index in [1.807, 2.05) is 18.2 Å². The summed E-state index contributed by atoms with van der Waals surface area (Å²) >= 11 is 0. The quantitative estimate of drug-likeness (QED) is 0.838. The van der Waals surface area contributed by atoms with Gasteiger partial charge in [-0.15, -0.1) is 0 Å². The number of nitrogens with zero attached hydrogens (tertiary/aromatic N) is 2. The number of hydrogen-bond donors (Lipinski definition) is 0. The number of carbonyl (C=O) groups is 1. The van der Waals surface area contributed by atoms with Crippen molar-refractivity contribution < 1.29 is 13.9 Å². The Morgan fingerprint density at radius 3 is 2.68 bits per heavy atom. The lowest BCUT2D eigenvalue weighted by Crippen LogP contribution is -2.31. The van der Waals surface area contributed by atoms with E-state index in [0.717, 1.165) is 35.4 Å². The van der Waals surface area contributed by atoms with Gasteiger partial charge in [-0.3, -0.25) is 4.79 Å². The van der Waals surface area contributed by atoms with Crippen LogP contribution >= 0.6 is 0 Å². The number of methoxy groups -OCH3 is 1. The number of aryl methyl sites for hydroxylation is 1. The van der Waals surface area contributed by atoms with Gasteiger partial charge >= 0.3 is 0 Å². The average Bonchev–Trinajstić information content (AvgIpc) is 3.02. The molecule has 0 N–H and O–H groups in total.